The zero-order valence-corrected chi connectivity index (χ0v) is 9.43. The van der Waals surface area contributed by atoms with E-state index in [1.54, 1.807) is 0 Å². The third kappa shape index (κ3) is 1.74. The van der Waals surface area contributed by atoms with Crippen LogP contribution in [-0.2, 0) is 17.7 Å². The fourth-order valence-electron chi connectivity index (χ4n) is 2.62. The maximum Gasteiger partial charge on any atom is 0.138 e. The van der Waals surface area contributed by atoms with Crippen molar-refractivity contribution in [3.63, 3.8) is 0 Å². The van der Waals surface area contributed by atoms with E-state index in [0.717, 1.165) is 50.7 Å². The largest absolute Gasteiger partial charge is 0.381 e. The van der Waals surface area contributed by atoms with Crippen LogP contribution in [0.25, 0.3) is 0 Å². The monoisotopic (exact) mass is 222 g/mol. The number of hydrogen-bond acceptors (Lipinski definition) is 4. The summed E-state index contributed by atoms with van der Waals surface area (Å²) in [6.45, 7) is 2.65. The summed E-state index contributed by atoms with van der Waals surface area (Å²) >= 11 is 0. The molecule has 1 aromatic rings. The molecule has 2 atom stereocenters. The van der Waals surface area contributed by atoms with Crippen LogP contribution in [0.4, 0.5) is 0 Å². The topological polar surface area (TPSA) is 66.0 Å². The molecule has 5 heteroatoms. The van der Waals surface area contributed by atoms with E-state index in [-0.39, 0.29) is 6.04 Å². The van der Waals surface area contributed by atoms with Crippen molar-refractivity contribution in [1.29, 1.82) is 0 Å². The second kappa shape index (κ2) is 4.14. The predicted octanol–water partition coefficient (Wildman–Crippen LogP) is 0.446. The average Bonchev–Trinajstić information content (AvgIpc) is 2.73. The summed E-state index contributed by atoms with van der Waals surface area (Å²) in [5.41, 5.74) is 5.93. The molecule has 2 N–H and O–H groups in total. The van der Waals surface area contributed by atoms with Crippen molar-refractivity contribution in [3.05, 3.63) is 11.6 Å². The third-order valence-corrected chi connectivity index (χ3v) is 3.55. The lowest BCUT2D eigenvalue weighted by atomic mass is 10.0. The Hall–Kier alpha value is -0.940. The summed E-state index contributed by atoms with van der Waals surface area (Å²) < 4.78 is 7.76. The van der Waals surface area contributed by atoms with Gasteiger partial charge in [-0.05, 0) is 19.3 Å². The average molecular weight is 222 g/mol. The van der Waals surface area contributed by atoms with E-state index in [4.69, 9.17) is 10.5 Å². The van der Waals surface area contributed by atoms with Gasteiger partial charge in [-0.3, -0.25) is 0 Å². The number of nitrogens with two attached hydrogens (primary N) is 1. The molecule has 0 spiro atoms. The van der Waals surface area contributed by atoms with Crippen LogP contribution in [0, 0.1) is 0 Å². The van der Waals surface area contributed by atoms with Gasteiger partial charge in [-0.2, -0.15) is 0 Å². The summed E-state index contributed by atoms with van der Waals surface area (Å²) in [5, 5.41) is 8.59. The summed E-state index contributed by atoms with van der Waals surface area (Å²) in [6, 6.07) is 0.257. The molecule has 3 rings (SSSR count). The normalized spacial score (nSPS) is 30.1. The summed E-state index contributed by atoms with van der Waals surface area (Å²) in [7, 11) is 0. The first kappa shape index (κ1) is 10.2. The van der Waals surface area contributed by atoms with Gasteiger partial charge in [0.15, 0.2) is 0 Å². The highest BCUT2D eigenvalue weighted by Gasteiger charge is 2.26. The molecule has 0 bridgehead atoms. The Labute approximate surface area is 95.0 Å². The minimum atomic E-state index is 0.257. The van der Waals surface area contributed by atoms with Gasteiger partial charge in [0.1, 0.15) is 11.6 Å². The van der Waals surface area contributed by atoms with Crippen LogP contribution < -0.4 is 5.73 Å². The van der Waals surface area contributed by atoms with Gasteiger partial charge in [-0.25, -0.2) is 0 Å². The minimum absolute atomic E-state index is 0.257. The second-order valence-corrected chi connectivity index (χ2v) is 4.79. The molecule has 1 fully saturated rings. The molecule has 0 aromatic carbocycles. The van der Waals surface area contributed by atoms with Crippen molar-refractivity contribution >= 4 is 0 Å². The van der Waals surface area contributed by atoms with E-state index in [9.17, 15) is 0 Å². The molecule has 0 radical (unpaired) electrons. The number of nitrogens with zero attached hydrogens (tertiary/aromatic N) is 3. The van der Waals surface area contributed by atoms with Crippen LogP contribution in [0.3, 0.4) is 0 Å². The Morgan fingerprint density at radius 1 is 1.31 bits per heavy atom. The third-order valence-electron chi connectivity index (χ3n) is 3.55. The van der Waals surface area contributed by atoms with Crippen LogP contribution >= 0.6 is 0 Å². The molecule has 2 unspecified atom stereocenters. The van der Waals surface area contributed by atoms with Crippen molar-refractivity contribution in [2.75, 3.05) is 13.2 Å². The SMILES string of the molecule is NC1CCn2c(nnc2C2CCCOC2)C1. The van der Waals surface area contributed by atoms with E-state index in [1.807, 2.05) is 0 Å². The molecule has 1 aromatic heterocycles. The molecule has 0 aliphatic carbocycles. The fourth-order valence-corrected chi connectivity index (χ4v) is 2.62. The quantitative estimate of drug-likeness (QED) is 0.749. The highest BCUT2D eigenvalue weighted by Crippen LogP contribution is 2.26. The first-order chi connectivity index (χ1) is 7.84. The maximum atomic E-state index is 5.93. The zero-order chi connectivity index (χ0) is 11.0. The smallest absolute Gasteiger partial charge is 0.138 e. The number of rotatable bonds is 1. The molecule has 16 heavy (non-hydrogen) atoms. The van der Waals surface area contributed by atoms with Gasteiger partial charge in [-0.15, -0.1) is 10.2 Å². The van der Waals surface area contributed by atoms with Gasteiger partial charge < -0.3 is 15.0 Å². The maximum absolute atomic E-state index is 5.93. The zero-order valence-electron chi connectivity index (χ0n) is 9.43. The standard InChI is InChI=1S/C11H18N4O/c12-9-3-4-15-10(6-9)13-14-11(15)8-2-1-5-16-7-8/h8-9H,1-7,12H2. The molecule has 2 aliphatic rings. The summed E-state index contributed by atoms with van der Waals surface area (Å²) in [4.78, 5) is 0. The highest BCUT2D eigenvalue weighted by molar-refractivity contribution is 5.06. The van der Waals surface area contributed by atoms with Crippen LogP contribution in [0.2, 0.25) is 0 Å². The summed E-state index contributed by atoms with van der Waals surface area (Å²) in [6.07, 6.45) is 4.20. The predicted molar refractivity (Wildman–Crippen MR) is 59.1 cm³/mol. The van der Waals surface area contributed by atoms with Gasteiger partial charge in [0.25, 0.3) is 0 Å². The van der Waals surface area contributed by atoms with E-state index in [0.29, 0.717) is 5.92 Å². The number of aromatic nitrogens is 3. The van der Waals surface area contributed by atoms with Gasteiger partial charge in [0.05, 0.1) is 6.61 Å². The lowest BCUT2D eigenvalue weighted by Crippen LogP contribution is -2.32. The Balaban J connectivity index is 1.85. The van der Waals surface area contributed by atoms with Crippen LogP contribution in [-0.4, -0.2) is 34.0 Å². The van der Waals surface area contributed by atoms with Crippen LogP contribution in [0.5, 0.6) is 0 Å². The number of hydrogen-bond donors (Lipinski definition) is 1. The Bertz CT molecular complexity index is 370. The van der Waals surface area contributed by atoms with E-state index in [2.05, 4.69) is 14.8 Å². The highest BCUT2D eigenvalue weighted by atomic mass is 16.5. The lowest BCUT2D eigenvalue weighted by Gasteiger charge is -2.25. The molecule has 88 valence electrons. The van der Waals surface area contributed by atoms with Crippen LogP contribution in [0.1, 0.15) is 36.8 Å². The fraction of sp³-hybridized carbons (Fsp3) is 0.818. The van der Waals surface area contributed by atoms with Crippen molar-refractivity contribution in [1.82, 2.24) is 14.8 Å². The second-order valence-electron chi connectivity index (χ2n) is 4.79. The molecule has 2 aliphatic heterocycles. The van der Waals surface area contributed by atoms with E-state index < -0.39 is 0 Å². The Kier molecular flexibility index (Phi) is 2.65. The minimum Gasteiger partial charge on any atom is -0.381 e. The van der Waals surface area contributed by atoms with Crippen molar-refractivity contribution in [3.8, 4) is 0 Å². The molecular formula is C11H18N4O. The molecule has 3 heterocycles. The first-order valence-corrected chi connectivity index (χ1v) is 6.10. The molecule has 5 nitrogen and oxygen atoms in total. The Morgan fingerprint density at radius 2 is 2.25 bits per heavy atom. The molecular weight excluding hydrogens is 204 g/mol. The lowest BCUT2D eigenvalue weighted by molar-refractivity contribution is 0.0766. The summed E-state index contributed by atoms with van der Waals surface area (Å²) in [5.74, 6) is 2.60. The van der Waals surface area contributed by atoms with Crippen LogP contribution in [0.15, 0.2) is 0 Å². The van der Waals surface area contributed by atoms with Gasteiger partial charge >= 0.3 is 0 Å². The van der Waals surface area contributed by atoms with Crippen molar-refractivity contribution < 1.29 is 4.74 Å². The molecule has 0 saturated carbocycles. The molecule has 1 saturated heterocycles. The van der Waals surface area contributed by atoms with Gasteiger partial charge in [0, 0.05) is 31.5 Å². The van der Waals surface area contributed by atoms with Gasteiger partial charge in [0.2, 0.25) is 0 Å². The van der Waals surface area contributed by atoms with Gasteiger partial charge in [-0.1, -0.05) is 0 Å². The van der Waals surface area contributed by atoms with E-state index >= 15 is 0 Å². The van der Waals surface area contributed by atoms with Crippen molar-refractivity contribution in [2.24, 2.45) is 5.73 Å². The molecule has 0 amide bonds. The number of fused-ring (bicyclic) bond motifs is 1. The first-order valence-electron chi connectivity index (χ1n) is 6.10. The van der Waals surface area contributed by atoms with Crippen molar-refractivity contribution in [2.45, 2.75) is 44.2 Å². The Morgan fingerprint density at radius 3 is 3.06 bits per heavy atom. The van der Waals surface area contributed by atoms with E-state index in [1.165, 1.54) is 6.42 Å². The number of ether oxygens (including phenoxy) is 1.